The Bertz CT molecular complexity index is 938. The van der Waals surface area contributed by atoms with E-state index in [0.29, 0.717) is 38.3 Å². The first kappa shape index (κ1) is 25.7. The van der Waals surface area contributed by atoms with Crippen molar-refractivity contribution in [2.24, 2.45) is 0 Å². The lowest BCUT2D eigenvalue weighted by Gasteiger charge is -2.26. The predicted molar refractivity (Wildman–Crippen MR) is 114 cm³/mol. The summed E-state index contributed by atoms with van der Waals surface area (Å²) in [5, 5.41) is 20.6. The number of nitrogens with zero attached hydrogens (tertiary/aromatic N) is 1. The highest BCUT2D eigenvalue weighted by molar-refractivity contribution is 7.09. The Labute approximate surface area is 191 Å². The van der Waals surface area contributed by atoms with Gasteiger partial charge < -0.3 is 29.9 Å². The van der Waals surface area contributed by atoms with Gasteiger partial charge in [-0.15, -0.1) is 11.3 Å². The summed E-state index contributed by atoms with van der Waals surface area (Å²) >= 11 is 1.50. The fourth-order valence-corrected chi connectivity index (χ4v) is 3.18. The van der Waals surface area contributed by atoms with E-state index in [1.165, 1.54) is 16.2 Å². The van der Waals surface area contributed by atoms with E-state index in [4.69, 9.17) is 19.7 Å². The first-order valence-electron chi connectivity index (χ1n) is 9.65. The molecular weight excluding hydrogens is 462 g/mol. The van der Waals surface area contributed by atoms with Crippen LogP contribution in [-0.2, 0) is 27.5 Å². The maximum atomic E-state index is 14.1. The van der Waals surface area contributed by atoms with E-state index in [2.05, 4.69) is 5.32 Å². The molecule has 33 heavy (non-hydrogen) atoms. The van der Waals surface area contributed by atoms with Gasteiger partial charge in [-0.3, -0.25) is 0 Å². The van der Waals surface area contributed by atoms with Crippen LogP contribution in [0.4, 0.5) is 13.6 Å². The number of benzene rings is 1. The van der Waals surface area contributed by atoms with Crippen LogP contribution in [0.15, 0.2) is 41.8 Å². The smallest absolute Gasteiger partial charge is 0.410 e. The molecule has 3 rings (SSSR count). The Morgan fingerprint density at radius 3 is 2.18 bits per heavy atom. The van der Waals surface area contributed by atoms with Gasteiger partial charge in [-0.25, -0.2) is 23.2 Å². The lowest BCUT2D eigenvalue weighted by Crippen LogP contribution is -2.46. The van der Waals surface area contributed by atoms with E-state index in [9.17, 15) is 23.2 Å². The second kappa shape index (κ2) is 13.1. The first-order chi connectivity index (χ1) is 15.8. The van der Waals surface area contributed by atoms with Crippen LogP contribution >= 0.6 is 11.3 Å². The SMILES string of the molecule is O=C(O)C=CC(=O)O.O=C(OCc1c(F)cc(OCc2cccs2)cc1F)N1CCNCC1. The number of carbonyl (C=O) groups is 3. The van der Waals surface area contributed by atoms with E-state index in [1.54, 1.807) is 0 Å². The van der Waals surface area contributed by atoms with Gasteiger partial charge in [0.2, 0.25) is 0 Å². The molecule has 1 fully saturated rings. The highest BCUT2D eigenvalue weighted by Gasteiger charge is 2.20. The third-order valence-electron chi connectivity index (χ3n) is 4.16. The first-order valence-corrected chi connectivity index (χ1v) is 10.5. The number of carboxylic acid groups (broad SMARTS) is 2. The monoisotopic (exact) mass is 484 g/mol. The van der Waals surface area contributed by atoms with E-state index < -0.39 is 36.3 Å². The number of amides is 1. The summed E-state index contributed by atoms with van der Waals surface area (Å²) in [5.41, 5.74) is -0.285. The summed E-state index contributed by atoms with van der Waals surface area (Å²) in [4.78, 5) is 33.5. The van der Waals surface area contributed by atoms with Crippen molar-refractivity contribution < 1.29 is 42.9 Å². The minimum atomic E-state index is -1.26. The number of nitrogens with one attached hydrogen (secondary N) is 1. The van der Waals surface area contributed by atoms with Crippen molar-refractivity contribution in [3.63, 3.8) is 0 Å². The van der Waals surface area contributed by atoms with Gasteiger partial charge in [0.1, 0.15) is 30.6 Å². The molecule has 0 aliphatic carbocycles. The number of thiophene rings is 1. The van der Waals surface area contributed by atoms with Crippen LogP contribution in [0, 0.1) is 11.6 Å². The minimum absolute atomic E-state index is 0.0978. The molecule has 1 aromatic carbocycles. The van der Waals surface area contributed by atoms with Gasteiger partial charge in [0.15, 0.2) is 0 Å². The number of piperazine rings is 1. The van der Waals surface area contributed by atoms with Crippen LogP contribution in [-0.4, -0.2) is 59.3 Å². The molecule has 1 aromatic heterocycles. The Balaban J connectivity index is 0.000000414. The van der Waals surface area contributed by atoms with Gasteiger partial charge >= 0.3 is 18.0 Å². The third kappa shape index (κ3) is 9.25. The average Bonchev–Trinajstić information content (AvgIpc) is 3.30. The molecule has 0 atom stereocenters. The molecule has 3 N–H and O–H groups in total. The molecule has 9 nitrogen and oxygen atoms in total. The van der Waals surface area contributed by atoms with Crippen molar-refractivity contribution in [3.8, 4) is 5.75 Å². The molecule has 1 aliphatic rings. The molecule has 2 aromatic rings. The molecule has 0 radical (unpaired) electrons. The lowest BCUT2D eigenvalue weighted by atomic mass is 10.2. The van der Waals surface area contributed by atoms with Crippen molar-refractivity contribution >= 4 is 29.4 Å². The van der Waals surface area contributed by atoms with Gasteiger partial charge in [-0.2, -0.15) is 0 Å². The number of aliphatic carboxylic acids is 2. The molecule has 0 bridgehead atoms. The number of hydrogen-bond donors (Lipinski definition) is 3. The van der Waals surface area contributed by atoms with Crippen molar-refractivity contribution in [1.29, 1.82) is 0 Å². The van der Waals surface area contributed by atoms with Crippen molar-refractivity contribution in [1.82, 2.24) is 10.2 Å². The molecule has 2 heterocycles. The Morgan fingerprint density at radius 1 is 1.06 bits per heavy atom. The second-order valence-electron chi connectivity index (χ2n) is 6.53. The van der Waals surface area contributed by atoms with Crippen LogP contribution in [0.2, 0.25) is 0 Å². The molecule has 12 heteroatoms. The summed E-state index contributed by atoms with van der Waals surface area (Å²) in [6.07, 6.45) is 0.545. The zero-order chi connectivity index (χ0) is 24.2. The zero-order valence-electron chi connectivity index (χ0n) is 17.3. The van der Waals surface area contributed by atoms with Crippen LogP contribution in [0.1, 0.15) is 10.4 Å². The van der Waals surface area contributed by atoms with E-state index in [0.717, 1.165) is 17.0 Å². The molecule has 0 spiro atoms. The molecule has 178 valence electrons. The van der Waals surface area contributed by atoms with Gasteiger partial charge in [-0.05, 0) is 11.4 Å². The van der Waals surface area contributed by atoms with E-state index in [-0.39, 0.29) is 17.9 Å². The fourth-order valence-electron chi connectivity index (χ4n) is 2.57. The van der Waals surface area contributed by atoms with Crippen LogP contribution < -0.4 is 10.1 Å². The molecule has 1 saturated heterocycles. The lowest BCUT2D eigenvalue weighted by molar-refractivity contribution is -0.134. The van der Waals surface area contributed by atoms with Crippen LogP contribution in [0.5, 0.6) is 5.75 Å². The summed E-state index contributed by atoms with van der Waals surface area (Å²) in [7, 11) is 0. The number of ether oxygens (including phenoxy) is 2. The number of carboxylic acids is 2. The Kier molecular flexibility index (Phi) is 10.2. The zero-order valence-corrected chi connectivity index (χ0v) is 18.1. The van der Waals surface area contributed by atoms with Gasteiger partial charge in [0.25, 0.3) is 0 Å². The van der Waals surface area contributed by atoms with Crippen LogP contribution in [0.25, 0.3) is 0 Å². The maximum absolute atomic E-state index is 14.1. The molecule has 0 saturated carbocycles. The Hall–Kier alpha value is -3.51. The summed E-state index contributed by atoms with van der Waals surface area (Å²) in [6.45, 7) is 2.17. The molecule has 1 aliphatic heterocycles. The Morgan fingerprint density at radius 2 is 1.67 bits per heavy atom. The number of rotatable bonds is 7. The largest absolute Gasteiger partial charge is 0.488 e. The number of halogens is 2. The fraction of sp³-hybridized carbons (Fsp3) is 0.286. The highest BCUT2D eigenvalue weighted by Crippen LogP contribution is 2.23. The normalized spacial score (nSPS) is 13.2. The van der Waals surface area contributed by atoms with Crippen molar-refractivity contribution in [2.75, 3.05) is 26.2 Å². The summed E-state index contributed by atoms with van der Waals surface area (Å²) in [6, 6.07) is 5.96. The topological polar surface area (TPSA) is 125 Å². The number of hydrogen-bond acceptors (Lipinski definition) is 7. The highest BCUT2D eigenvalue weighted by atomic mass is 32.1. The second-order valence-corrected chi connectivity index (χ2v) is 7.57. The quantitative estimate of drug-likeness (QED) is 0.513. The van der Waals surface area contributed by atoms with Crippen molar-refractivity contribution in [3.05, 3.63) is 63.9 Å². The number of carbonyl (C=O) groups excluding carboxylic acids is 1. The van der Waals surface area contributed by atoms with E-state index >= 15 is 0 Å². The molecule has 0 unspecified atom stereocenters. The van der Waals surface area contributed by atoms with Gasteiger partial charge in [0.05, 0.1) is 5.56 Å². The minimum Gasteiger partial charge on any atom is -0.488 e. The summed E-state index contributed by atoms with van der Waals surface area (Å²) < 4.78 is 38.7. The predicted octanol–water partition coefficient (Wildman–Crippen LogP) is 2.86. The summed E-state index contributed by atoms with van der Waals surface area (Å²) in [5.74, 6) is -4.01. The van der Waals surface area contributed by atoms with E-state index in [1.807, 2.05) is 17.5 Å². The molecule has 1 amide bonds. The van der Waals surface area contributed by atoms with Gasteiger partial charge in [-0.1, -0.05) is 6.07 Å². The van der Waals surface area contributed by atoms with Crippen LogP contribution in [0.3, 0.4) is 0 Å². The third-order valence-corrected chi connectivity index (χ3v) is 5.01. The maximum Gasteiger partial charge on any atom is 0.410 e. The van der Waals surface area contributed by atoms with Crippen molar-refractivity contribution in [2.45, 2.75) is 13.2 Å². The standard InChI is InChI=1S/C17H18F2N2O3S.C4H4O4/c18-15-8-12(23-10-13-2-1-7-25-13)9-16(19)14(15)11-24-17(22)21-5-3-20-4-6-21;5-3(6)1-2-4(7)8/h1-2,7-9,20H,3-6,10-11H2;1-2H,(H,5,6)(H,7,8). The average molecular weight is 484 g/mol. The molecular formula is C21H22F2N2O7S. The van der Waals surface area contributed by atoms with Gasteiger partial charge in [0, 0.05) is 55.3 Å².